The van der Waals surface area contributed by atoms with Crippen LogP contribution in [0.3, 0.4) is 0 Å². The molecule has 0 unspecified atom stereocenters. The molecule has 2 aromatic heterocycles. The van der Waals surface area contributed by atoms with Gasteiger partial charge >= 0.3 is 5.97 Å². The summed E-state index contributed by atoms with van der Waals surface area (Å²) in [5.74, 6) is 0.0619. The number of benzene rings is 1. The van der Waals surface area contributed by atoms with E-state index in [-0.39, 0.29) is 5.91 Å². The summed E-state index contributed by atoms with van der Waals surface area (Å²) in [6, 6.07) is 7.52. The van der Waals surface area contributed by atoms with E-state index in [1.54, 1.807) is 7.11 Å². The molecule has 1 N–H and O–H groups in total. The summed E-state index contributed by atoms with van der Waals surface area (Å²) in [5, 5.41) is 4.40. The molecule has 0 atom stereocenters. The molecule has 0 bridgehead atoms. The lowest BCUT2D eigenvalue weighted by Crippen LogP contribution is -2.17. The lowest BCUT2D eigenvalue weighted by atomic mass is 9.95. The standard InChI is InChI=1S/C21H22N2O4S/c1-23-14-8-6-9-16(26-2)13(14)11-15(23)19(24)22-20-18(21(25)27-3)12-7-4-5-10-17(12)28-20/h6,8-9,11H,4-5,7,10H2,1-3H3,(H,22,24). The molecule has 7 heteroatoms. The maximum absolute atomic E-state index is 13.1. The summed E-state index contributed by atoms with van der Waals surface area (Å²) in [4.78, 5) is 26.6. The largest absolute Gasteiger partial charge is 0.496 e. The normalized spacial score (nSPS) is 13.2. The highest BCUT2D eigenvalue weighted by Gasteiger charge is 2.27. The molecular weight excluding hydrogens is 376 g/mol. The van der Waals surface area contributed by atoms with Gasteiger partial charge in [-0.25, -0.2) is 4.79 Å². The Balaban J connectivity index is 1.73. The van der Waals surface area contributed by atoms with E-state index in [0.29, 0.717) is 22.0 Å². The maximum atomic E-state index is 13.1. The van der Waals surface area contributed by atoms with Crippen molar-refractivity contribution >= 4 is 39.1 Å². The van der Waals surface area contributed by atoms with Gasteiger partial charge in [-0.05, 0) is 49.4 Å². The third-order valence-corrected chi connectivity index (χ3v) is 6.49. The number of nitrogens with zero attached hydrogens (tertiary/aromatic N) is 1. The van der Waals surface area contributed by atoms with Crippen molar-refractivity contribution in [1.82, 2.24) is 4.57 Å². The van der Waals surface area contributed by atoms with E-state index in [4.69, 9.17) is 9.47 Å². The molecule has 0 aliphatic heterocycles. The summed E-state index contributed by atoms with van der Waals surface area (Å²) in [7, 11) is 4.83. The molecule has 0 radical (unpaired) electrons. The second kappa shape index (κ2) is 7.31. The molecule has 0 saturated carbocycles. The Hall–Kier alpha value is -2.80. The van der Waals surface area contributed by atoms with Crippen molar-refractivity contribution in [2.45, 2.75) is 25.7 Å². The smallest absolute Gasteiger partial charge is 0.341 e. The molecule has 1 aromatic carbocycles. The number of hydrogen-bond acceptors (Lipinski definition) is 5. The minimum Gasteiger partial charge on any atom is -0.496 e. The zero-order valence-electron chi connectivity index (χ0n) is 16.1. The van der Waals surface area contributed by atoms with E-state index < -0.39 is 5.97 Å². The maximum Gasteiger partial charge on any atom is 0.341 e. The predicted octanol–water partition coefficient (Wildman–Crippen LogP) is 4.17. The van der Waals surface area contributed by atoms with Gasteiger partial charge in [0.25, 0.3) is 5.91 Å². The number of fused-ring (bicyclic) bond motifs is 2. The first-order valence-electron chi connectivity index (χ1n) is 9.21. The number of carbonyl (C=O) groups excluding carboxylic acids is 2. The lowest BCUT2D eigenvalue weighted by molar-refractivity contribution is 0.0601. The van der Waals surface area contributed by atoms with Crippen molar-refractivity contribution in [3.63, 3.8) is 0 Å². The van der Waals surface area contributed by atoms with E-state index >= 15 is 0 Å². The summed E-state index contributed by atoms with van der Waals surface area (Å²) >= 11 is 1.48. The van der Waals surface area contributed by atoms with Gasteiger partial charge in [-0.15, -0.1) is 11.3 Å². The predicted molar refractivity (Wildman–Crippen MR) is 110 cm³/mol. The average Bonchev–Trinajstić information content (AvgIpc) is 3.25. The molecule has 0 saturated heterocycles. The highest BCUT2D eigenvalue weighted by molar-refractivity contribution is 7.17. The van der Waals surface area contributed by atoms with Crippen molar-refractivity contribution in [2.75, 3.05) is 19.5 Å². The summed E-state index contributed by atoms with van der Waals surface area (Å²) < 4.78 is 12.2. The minimum atomic E-state index is -0.395. The fourth-order valence-electron chi connectivity index (χ4n) is 3.87. The molecule has 28 heavy (non-hydrogen) atoms. The van der Waals surface area contributed by atoms with Crippen LogP contribution in [0.1, 0.15) is 44.1 Å². The Labute approximate surface area is 167 Å². The Morgan fingerprint density at radius 3 is 2.71 bits per heavy atom. The SMILES string of the molecule is COC(=O)c1c(NC(=O)c2cc3c(OC)cccc3n2C)sc2c1CCCC2. The van der Waals surface area contributed by atoms with Crippen LogP contribution >= 0.6 is 11.3 Å². The van der Waals surface area contributed by atoms with Crippen LogP contribution in [-0.2, 0) is 24.6 Å². The summed E-state index contributed by atoms with van der Waals surface area (Å²) in [5.41, 5.74) is 2.94. The molecule has 0 fully saturated rings. The first kappa shape index (κ1) is 18.6. The van der Waals surface area contributed by atoms with Crippen LogP contribution in [-0.4, -0.2) is 30.7 Å². The van der Waals surface area contributed by atoms with E-state index in [9.17, 15) is 9.59 Å². The zero-order valence-corrected chi connectivity index (χ0v) is 16.9. The van der Waals surface area contributed by atoms with Crippen LogP contribution in [0, 0.1) is 0 Å². The van der Waals surface area contributed by atoms with Gasteiger partial charge in [-0.1, -0.05) is 6.07 Å². The second-order valence-corrected chi connectivity index (χ2v) is 7.95. The quantitative estimate of drug-likeness (QED) is 0.670. The van der Waals surface area contributed by atoms with Crippen molar-refractivity contribution in [3.05, 3.63) is 46.0 Å². The molecule has 1 aliphatic carbocycles. The topological polar surface area (TPSA) is 69.6 Å². The molecule has 1 aliphatic rings. The van der Waals surface area contributed by atoms with Crippen LogP contribution in [0.5, 0.6) is 5.75 Å². The van der Waals surface area contributed by atoms with Crippen LogP contribution in [0.4, 0.5) is 5.00 Å². The number of hydrogen-bond donors (Lipinski definition) is 1. The van der Waals surface area contributed by atoms with Gasteiger partial charge in [0, 0.05) is 17.3 Å². The van der Waals surface area contributed by atoms with Crippen LogP contribution in [0.25, 0.3) is 10.9 Å². The number of rotatable bonds is 4. The molecule has 4 rings (SSSR count). The average molecular weight is 398 g/mol. The molecular formula is C21H22N2O4S. The number of amides is 1. The van der Waals surface area contributed by atoms with Crippen LogP contribution in [0.2, 0.25) is 0 Å². The number of ether oxygens (including phenoxy) is 2. The molecule has 0 spiro atoms. The molecule has 146 valence electrons. The van der Waals surface area contributed by atoms with E-state index in [1.807, 2.05) is 35.9 Å². The first-order valence-corrected chi connectivity index (χ1v) is 10.0. The minimum absolute atomic E-state index is 0.260. The Bertz CT molecular complexity index is 1080. The third kappa shape index (κ3) is 2.96. The van der Waals surface area contributed by atoms with Gasteiger partial charge in [-0.2, -0.15) is 0 Å². The monoisotopic (exact) mass is 398 g/mol. The fraction of sp³-hybridized carbons (Fsp3) is 0.333. The number of esters is 1. The number of aryl methyl sites for hydroxylation is 2. The van der Waals surface area contributed by atoms with Gasteiger partial charge in [0.05, 0.1) is 25.3 Å². The van der Waals surface area contributed by atoms with E-state index in [2.05, 4.69) is 5.32 Å². The molecule has 1 amide bonds. The van der Waals surface area contributed by atoms with Gasteiger partial charge in [0.1, 0.15) is 16.4 Å². The van der Waals surface area contributed by atoms with Gasteiger partial charge in [0.15, 0.2) is 0 Å². The van der Waals surface area contributed by atoms with E-state index in [0.717, 1.165) is 42.1 Å². The highest BCUT2D eigenvalue weighted by atomic mass is 32.1. The number of anilines is 1. The molecule has 3 aromatic rings. The third-order valence-electron chi connectivity index (χ3n) is 5.29. The Morgan fingerprint density at radius 1 is 1.18 bits per heavy atom. The van der Waals surface area contributed by atoms with Crippen molar-refractivity contribution in [3.8, 4) is 5.75 Å². The first-order chi connectivity index (χ1) is 13.5. The second-order valence-electron chi connectivity index (χ2n) is 6.84. The summed E-state index contributed by atoms with van der Waals surface area (Å²) in [6.45, 7) is 0. The number of thiophene rings is 1. The number of aromatic nitrogens is 1. The Kier molecular flexibility index (Phi) is 4.85. The number of carbonyl (C=O) groups is 2. The van der Waals surface area contributed by atoms with Crippen LogP contribution in [0.15, 0.2) is 24.3 Å². The summed E-state index contributed by atoms with van der Waals surface area (Å²) in [6.07, 6.45) is 3.93. The number of nitrogens with one attached hydrogen (secondary N) is 1. The lowest BCUT2D eigenvalue weighted by Gasteiger charge is -2.11. The molecule has 2 heterocycles. The van der Waals surface area contributed by atoms with Crippen molar-refractivity contribution < 1.29 is 19.1 Å². The van der Waals surface area contributed by atoms with Crippen LogP contribution < -0.4 is 10.1 Å². The van der Waals surface area contributed by atoms with Gasteiger partial charge in [-0.3, -0.25) is 4.79 Å². The number of methoxy groups -OCH3 is 2. The van der Waals surface area contributed by atoms with Gasteiger partial charge in [0.2, 0.25) is 0 Å². The van der Waals surface area contributed by atoms with E-state index in [1.165, 1.54) is 23.3 Å². The van der Waals surface area contributed by atoms with Gasteiger partial charge < -0.3 is 19.4 Å². The molecule has 6 nitrogen and oxygen atoms in total. The Morgan fingerprint density at radius 2 is 1.96 bits per heavy atom. The van der Waals surface area contributed by atoms with Crippen molar-refractivity contribution in [2.24, 2.45) is 7.05 Å². The van der Waals surface area contributed by atoms with Crippen molar-refractivity contribution in [1.29, 1.82) is 0 Å². The fourth-order valence-corrected chi connectivity index (χ4v) is 5.14. The zero-order chi connectivity index (χ0) is 19.8. The highest BCUT2D eigenvalue weighted by Crippen LogP contribution is 2.39.